The number of fused-ring (bicyclic) bond motifs is 1. The Labute approximate surface area is 227 Å². The van der Waals surface area contributed by atoms with Gasteiger partial charge in [0.25, 0.3) is 0 Å². The lowest BCUT2D eigenvalue weighted by Gasteiger charge is -2.34. The Morgan fingerprint density at radius 3 is 2.28 bits per heavy atom. The summed E-state index contributed by atoms with van der Waals surface area (Å²) in [6.45, 7) is 5.49. The first-order valence-corrected chi connectivity index (χ1v) is 12.4. The van der Waals surface area contributed by atoms with Gasteiger partial charge in [0.05, 0.1) is 26.8 Å². The van der Waals surface area contributed by atoms with Gasteiger partial charge in [0.15, 0.2) is 11.5 Å². The number of carbonyl (C=O) groups excluding carboxylic acids is 2. The molecule has 4 aromatic rings. The van der Waals surface area contributed by atoms with E-state index in [1.165, 1.54) is 23.8 Å². The van der Waals surface area contributed by atoms with Crippen molar-refractivity contribution >= 4 is 28.5 Å². The fourth-order valence-corrected chi connectivity index (χ4v) is 4.38. The Bertz CT molecular complexity index is 1460. The average molecular weight is 532 g/mol. The van der Waals surface area contributed by atoms with Gasteiger partial charge in [0.2, 0.25) is 11.8 Å². The minimum absolute atomic E-state index is 0.155. The Morgan fingerprint density at radius 1 is 0.923 bits per heavy atom. The van der Waals surface area contributed by atoms with Gasteiger partial charge in [0.1, 0.15) is 23.9 Å². The molecule has 1 N–H and O–H groups in total. The summed E-state index contributed by atoms with van der Waals surface area (Å²) in [6.07, 6.45) is 0. The minimum Gasteiger partial charge on any atom is -0.497 e. The molecule has 0 spiro atoms. The number of hydrogen-bond donors (Lipinski definition) is 1. The molecule has 4 rings (SSSR count). The molecule has 10 nitrogen and oxygen atoms in total. The van der Waals surface area contributed by atoms with Crippen LogP contribution in [0.3, 0.4) is 0 Å². The number of para-hydroxylation sites is 2. The summed E-state index contributed by atoms with van der Waals surface area (Å²) in [5, 5.41) is 11.4. The van der Waals surface area contributed by atoms with E-state index in [1.54, 1.807) is 49.6 Å². The molecular weight excluding hydrogens is 498 g/mol. The largest absolute Gasteiger partial charge is 0.497 e. The summed E-state index contributed by atoms with van der Waals surface area (Å²) in [7, 11) is 4.59. The first-order valence-electron chi connectivity index (χ1n) is 12.4. The molecule has 3 aromatic carbocycles. The first-order chi connectivity index (χ1) is 18.7. The number of hydrogen-bond acceptors (Lipinski definition) is 7. The van der Waals surface area contributed by atoms with Gasteiger partial charge < -0.3 is 19.5 Å². The van der Waals surface area contributed by atoms with E-state index in [0.717, 1.165) is 0 Å². The van der Waals surface area contributed by atoms with Gasteiger partial charge in [-0.2, -0.15) is 0 Å². The minimum atomic E-state index is -1.11. The molecule has 0 fully saturated rings. The quantitative estimate of drug-likeness (QED) is 0.346. The van der Waals surface area contributed by atoms with Crippen molar-refractivity contribution in [3.8, 4) is 17.2 Å². The van der Waals surface area contributed by atoms with E-state index >= 15 is 0 Å². The van der Waals surface area contributed by atoms with Crippen LogP contribution in [0.15, 0.2) is 66.7 Å². The van der Waals surface area contributed by atoms with Crippen molar-refractivity contribution in [3.63, 3.8) is 0 Å². The number of methoxy groups -OCH3 is 3. The Kier molecular flexibility index (Phi) is 8.04. The molecular formula is C29H33N5O5. The van der Waals surface area contributed by atoms with E-state index in [2.05, 4.69) is 15.6 Å². The van der Waals surface area contributed by atoms with Gasteiger partial charge in [0, 0.05) is 16.8 Å². The maximum absolute atomic E-state index is 14.2. The summed E-state index contributed by atoms with van der Waals surface area (Å²) in [5.74, 6) is 0.638. The third-order valence-electron chi connectivity index (χ3n) is 6.06. The Morgan fingerprint density at radius 2 is 1.64 bits per heavy atom. The Balaban J connectivity index is 1.90. The lowest BCUT2D eigenvalue weighted by atomic mass is 9.99. The molecule has 0 saturated heterocycles. The third-order valence-corrected chi connectivity index (χ3v) is 6.06. The van der Waals surface area contributed by atoms with Crippen LogP contribution >= 0.6 is 0 Å². The van der Waals surface area contributed by atoms with Crippen molar-refractivity contribution in [2.75, 3.05) is 26.2 Å². The zero-order valence-electron chi connectivity index (χ0n) is 23.0. The van der Waals surface area contributed by atoms with Gasteiger partial charge in [-0.25, -0.2) is 4.68 Å². The van der Waals surface area contributed by atoms with Crippen LogP contribution in [0.1, 0.15) is 32.4 Å². The van der Waals surface area contributed by atoms with E-state index < -0.39 is 11.6 Å². The van der Waals surface area contributed by atoms with E-state index in [4.69, 9.17) is 14.2 Å². The fraction of sp³-hybridized carbons (Fsp3) is 0.310. The molecule has 0 unspecified atom stereocenters. The maximum Gasteiger partial charge on any atom is 0.249 e. The number of benzene rings is 3. The molecule has 204 valence electrons. The zero-order chi connectivity index (χ0) is 28.2. The summed E-state index contributed by atoms with van der Waals surface area (Å²) in [5.41, 5.74) is 1.75. The second-order valence-corrected chi connectivity index (χ2v) is 9.92. The molecule has 1 heterocycles. The second-order valence-electron chi connectivity index (χ2n) is 9.92. The van der Waals surface area contributed by atoms with Crippen LogP contribution in [-0.4, -0.2) is 53.7 Å². The first kappa shape index (κ1) is 27.4. The van der Waals surface area contributed by atoms with E-state index in [1.807, 2.05) is 45.0 Å². The summed E-state index contributed by atoms with van der Waals surface area (Å²) in [6, 6.07) is 18.5. The zero-order valence-corrected chi connectivity index (χ0v) is 23.0. The molecule has 1 atom stereocenters. The summed E-state index contributed by atoms with van der Waals surface area (Å²) >= 11 is 0. The highest BCUT2D eigenvalue weighted by Crippen LogP contribution is 2.39. The lowest BCUT2D eigenvalue weighted by molar-refractivity contribution is -0.128. The number of nitrogens with one attached hydrogen (secondary N) is 1. The number of aromatic nitrogens is 3. The highest BCUT2D eigenvalue weighted by atomic mass is 16.5. The smallest absolute Gasteiger partial charge is 0.249 e. The van der Waals surface area contributed by atoms with Crippen LogP contribution in [-0.2, 0) is 16.1 Å². The molecule has 0 aliphatic rings. The third kappa shape index (κ3) is 5.95. The van der Waals surface area contributed by atoms with E-state index in [-0.39, 0.29) is 18.4 Å². The molecule has 0 radical (unpaired) electrons. The molecule has 0 aliphatic heterocycles. The maximum atomic E-state index is 14.2. The standard InChI is InChI=1S/C29H33N5O5/c1-29(2,3)30-28(36)26(21-10-9-13-24(38-5)27(21)39-6)34(19-14-16-20(37-4)17-15-19)25(35)18-33-23-12-8-7-11-22(23)31-32-33/h7-17,26H,18H2,1-6H3,(H,30,36)/t26-/m1/s1. The van der Waals surface area contributed by atoms with Gasteiger partial charge in [-0.05, 0) is 63.2 Å². The van der Waals surface area contributed by atoms with E-state index in [0.29, 0.717) is 39.5 Å². The van der Waals surface area contributed by atoms with Crippen molar-refractivity contribution in [1.82, 2.24) is 20.3 Å². The second kappa shape index (κ2) is 11.4. The molecule has 39 heavy (non-hydrogen) atoms. The van der Waals surface area contributed by atoms with Gasteiger partial charge >= 0.3 is 0 Å². The lowest BCUT2D eigenvalue weighted by Crippen LogP contribution is -2.50. The van der Waals surface area contributed by atoms with Gasteiger partial charge in [-0.15, -0.1) is 5.10 Å². The van der Waals surface area contributed by atoms with Crippen molar-refractivity contribution in [2.24, 2.45) is 0 Å². The molecule has 0 aliphatic carbocycles. The molecule has 0 bridgehead atoms. The molecule has 10 heteroatoms. The molecule has 1 aromatic heterocycles. The number of amides is 2. The fourth-order valence-electron chi connectivity index (χ4n) is 4.38. The normalized spacial score (nSPS) is 12.1. The van der Waals surface area contributed by atoms with Crippen molar-refractivity contribution < 1.29 is 23.8 Å². The number of rotatable bonds is 9. The Hall–Kier alpha value is -4.60. The van der Waals surface area contributed by atoms with Crippen molar-refractivity contribution in [3.05, 3.63) is 72.3 Å². The summed E-state index contributed by atoms with van der Waals surface area (Å²) < 4.78 is 18.1. The number of ether oxygens (including phenoxy) is 3. The monoisotopic (exact) mass is 531 g/mol. The van der Waals surface area contributed by atoms with Crippen LogP contribution in [0.2, 0.25) is 0 Å². The number of carbonyl (C=O) groups is 2. The van der Waals surface area contributed by atoms with E-state index in [9.17, 15) is 9.59 Å². The van der Waals surface area contributed by atoms with Gasteiger partial charge in [-0.1, -0.05) is 29.5 Å². The van der Waals surface area contributed by atoms with Crippen LogP contribution < -0.4 is 24.4 Å². The van der Waals surface area contributed by atoms with Crippen LogP contribution in [0, 0.1) is 0 Å². The predicted octanol–water partition coefficient (Wildman–Crippen LogP) is 4.15. The number of nitrogens with zero attached hydrogens (tertiary/aromatic N) is 4. The molecule has 2 amide bonds. The van der Waals surface area contributed by atoms with Crippen molar-refractivity contribution in [2.45, 2.75) is 38.9 Å². The SMILES string of the molecule is COc1ccc(N(C(=O)Cn2nnc3ccccc32)[C@@H](C(=O)NC(C)(C)C)c2cccc(OC)c2OC)cc1. The summed E-state index contributed by atoms with van der Waals surface area (Å²) in [4.78, 5) is 29.7. The number of anilines is 1. The van der Waals surface area contributed by atoms with Crippen molar-refractivity contribution in [1.29, 1.82) is 0 Å². The topological polar surface area (TPSA) is 108 Å². The van der Waals surface area contributed by atoms with Gasteiger partial charge in [-0.3, -0.25) is 14.5 Å². The highest BCUT2D eigenvalue weighted by molar-refractivity contribution is 6.02. The predicted molar refractivity (Wildman–Crippen MR) is 148 cm³/mol. The van der Waals surface area contributed by atoms with Crippen LogP contribution in [0.5, 0.6) is 17.2 Å². The molecule has 0 saturated carbocycles. The average Bonchev–Trinajstić information content (AvgIpc) is 3.32. The van der Waals surface area contributed by atoms with Crippen LogP contribution in [0.25, 0.3) is 11.0 Å². The van der Waals surface area contributed by atoms with Crippen LogP contribution in [0.4, 0.5) is 5.69 Å². The highest BCUT2D eigenvalue weighted by Gasteiger charge is 2.37.